The molecule has 0 aliphatic heterocycles. The Labute approximate surface area is 120 Å². The van der Waals surface area contributed by atoms with Crippen molar-refractivity contribution in [2.45, 2.75) is 89.9 Å². The highest BCUT2D eigenvalue weighted by molar-refractivity contribution is 4.95. The molecule has 1 atom stereocenters. The van der Waals surface area contributed by atoms with E-state index in [1.54, 1.807) is 0 Å². The van der Waals surface area contributed by atoms with Crippen LogP contribution in [-0.2, 0) is 0 Å². The van der Waals surface area contributed by atoms with E-state index in [4.69, 9.17) is 5.11 Å². The summed E-state index contributed by atoms with van der Waals surface area (Å²) in [6.45, 7) is 0.372. The third-order valence-corrected chi connectivity index (χ3v) is 4.35. The van der Waals surface area contributed by atoms with Crippen molar-refractivity contribution in [2.75, 3.05) is 6.61 Å². The molecular formula is C18H34O. The van der Waals surface area contributed by atoms with Crippen LogP contribution in [0, 0.1) is 5.92 Å². The van der Waals surface area contributed by atoms with E-state index in [0.29, 0.717) is 6.61 Å². The molecule has 1 aliphatic rings. The zero-order valence-electron chi connectivity index (χ0n) is 12.8. The van der Waals surface area contributed by atoms with Gasteiger partial charge in [0.2, 0.25) is 0 Å². The van der Waals surface area contributed by atoms with E-state index in [9.17, 15) is 0 Å². The van der Waals surface area contributed by atoms with Crippen molar-refractivity contribution in [3.8, 4) is 0 Å². The van der Waals surface area contributed by atoms with Gasteiger partial charge in [0, 0.05) is 6.61 Å². The maximum Gasteiger partial charge on any atom is 0.0431 e. The Kier molecular flexibility index (Phi) is 11.2. The Morgan fingerprint density at radius 2 is 1.26 bits per heavy atom. The minimum absolute atomic E-state index is 0.372. The van der Waals surface area contributed by atoms with Gasteiger partial charge < -0.3 is 5.11 Å². The fraction of sp³-hybridized carbons (Fsp3) is 0.889. The van der Waals surface area contributed by atoms with E-state index in [0.717, 1.165) is 12.3 Å². The number of unbranched alkanes of at least 4 members (excludes halogenated alkanes) is 10. The van der Waals surface area contributed by atoms with Crippen molar-refractivity contribution < 1.29 is 5.11 Å². The lowest BCUT2D eigenvalue weighted by Gasteiger charge is -2.06. The highest BCUT2D eigenvalue weighted by atomic mass is 16.2. The Morgan fingerprint density at radius 3 is 1.74 bits per heavy atom. The Balaban J connectivity index is 1.68. The summed E-state index contributed by atoms with van der Waals surface area (Å²) in [5.74, 6) is 0.916. The third kappa shape index (κ3) is 10.2. The minimum atomic E-state index is 0.372. The maximum absolute atomic E-state index is 8.68. The van der Waals surface area contributed by atoms with Crippen LogP contribution < -0.4 is 0 Å². The van der Waals surface area contributed by atoms with Gasteiger partial charge in [-0.05, 0) is 31.6 Å². The van der Waals surface area contributed by atoms with Gasteiger partial charge >= 0.3 is 0 Å². The number of aliphatic hydroxyl groups excluding tert-OH is 1. The number of hydrogen-bond acceptors (Lipinski definition) is 1. The molecule has 0 saturated carbocycles. The lowest BCUT2D eigenvalue weighted by molar-refractivity contribution is 0.282. The van der Waals surface area contributed by atoms with Crippen LogP contribution in [0.5, 0.6) is 0 Å². The van der Waals surface area contributed by atoms with Gasteiger partial charge in [-0.1, -0.05) is 76.4 Å². The van der Waals surface area contributed by atoms with Crippen LogP contribution in [0.2, 0.25) is 0 Å². The summed E-state index contributed by atoms with van der Waals surface area (Å²) in [5.41, 5.74) is 0. The molecule has 1 nitrogen and oxygen atoms in total. The molecule has 0 bridgehead atoms. The largest absolute Gasteiger partial charge is 0.396 e. The zero-order valence-corrected chi connectivity index (χ0v) is 12.8. The second-order valence-electron chi connectivity index (χ2n) is 6.17. The van der Waals surface area contributed by atoms with Crippen LogP contribution in [0.4, 0.5) is 0 Å². The molecule has 1 N–H and O–H groups in total. The molecule has 1 rings (SSSR count). The van der Waals surface area contributed by atoms with Crippen LogP contribution in [0.3, 0.4) is 0 Å². The molecule has 0 amide bonds. The summed E-state index contributed by atoms with van der Waals surface area (Å²) in [4.78, 5) is 0. The second kappa shape index (κ2) is 12.7. The van der Waals surface area contributed by atoms with Gasteiger partial charge in [0.25, 0.3) is 0 Å². The van der Waals surface area contributed by atoms with Gasteiger partial charge in [-0.3, -0.25) is 0 Å². The van der Waals surface area contributed by atoms with Gasteiger partial charge in [-0.2, -0.15) is 0 Å². The van der Waals surface area contributed by atoms with Gasteiger partial charge in [-0.15, -0.1) is 0 Å². The molecule has 0 radical (unpaired) electrons. The van der Waals surface area contributed by atoms with Crippen LogP contribution in [0.25, 0.3) is 0 Å². The first-order valence-electron chi connectivity index (χ1n) is 8.71. The predicted octanol–water partition coefficient (Wildman–Crippen LogP) is 5.63. The van der Waals surface area contributed by atoms with Crippen molar-refractivity contribution in [1.82, 2.24) is 0 Å². The molecule has 0 aromatic rings. The molecule has 0 spiro atoms. The zero-order chi connectivity index (χ0) is 13.6. The van der Waals surface area contributed by atoms with E-state index >= 15 is 0 Å². The minimum Gasteiger partial charge on any atom is -0.396 e. The van der Waals surface area contributed by atoms with Crippen LogP contribution in [0.1, 0.15) is 89.9 Å². The highest BCUT2D eigenvalue weighted by Gasteiger charge is 2.07. The average Bonchev–Trinajstić information content (AvgIpc) is 2.93. The summed E-state index contributed by atoms with van der Waals surface area (Å²) in [5, 5.41) is 8.68. The van der Waals surface area contributed by atoms with Crippen molar-refractivity contribution in [1.29, 1.82) is 0 Å². The van der Waals surface area contributed by atoms with Crippen LogP contribution >= 0.6 is 0 Å². The molecule has 0 heterocycles. The van der Waals surface area contributed by atoms with E-state index in [1.807, 2.05) is 0 Å². The Hall–Kier alpha value is -0.300. The molecule has 0 aromatic carbocycles. The molecular weight excluding hydrogens is 232 g/mol. The summed E-state index contributed by atoms with van der Waals surface area (Å²) in [6, 6.07) is 0. The standard InChI is InChI=1S/C18H34O/c19-17-13-9-7-5-3-1-2-4-6-8-10-14-18-15-11-12-16-18/h11,15,18-19H,1-10,12-14,16-17H2/t18-/m0/s1. The van der Waals surface area contributed by atoms with Crippen LogP contribution in [-0.4, -0.2) is 11.7 Å². The quantitative estimate of drug-likeness (QED) is 0.338. The molecule has 1 aliphatic carbocycles. The molecule has 1 heteroatoms. The Bertz CT molecular complexity index is 210. The van der Waals surface area contributed by atoms with E-state index < -0.39 is 0 Å². The van der Waals surface area contributed by atoms with Gasteiger partial charge in [0.1, 0.15) is 0 Å². The van der Waals surface area contributed by atoms with Crippen molar-refractivity contribution in [3.63, 3.8) is 0 Å². The fourth-order valence-electron chi connectivity index (χ4n) is 3.05. The van der Waals surface area contributed by atoms with Crippen LogP contribution in [0.15, 0.2) is 12.2 Å². The average molecular weight is 266 g/mol. The van der Waals surface area contributed by atoms with Gasteiger partial charge in [0.05, 0.1) is 0 Å². The summed E-state index contributed by atoms with van der Waals surface area (Å²) in [6.07, 6.45) is 23.9. The smallest absolute Gasteiger partial charge is 0.0431 e. The first-order valence-corrected chi connectivity index (χ1v) is 8.71. The predicted molar refractivity (Wildman–Crippen MR) is 84.4 cm³/mol. The van der Waals surface area contributed by atoms with Gasteiger partial charge in [0.15, 0.2) is 0 Å². The number of aliphatic hydroxyl groups is 1. The van der Waals surface area contributed by atoms with E-state index in [1.165, 1.54) is 83.5 Å². The van der Waals surface area contributed by atoms with Crippen molar-refractivity contribution in [3.05, 3.63) is 12.2 Å². The first-order chi connectivity index (χ1) is 9.43. The monoisotopic (exact) mass is 266 g/mol. The Morgan fingerprint density at radius 1 is 0.737 bits per heavy atom. The number of allylic oxidation sites excluding steroid dienone is 2. The maximum atomic E-state index is 8.68. The van der Waals surface area contributed by atoms with Gasteiger partial charge in [-0.25, -0.2) is 0 Å². The SMILES string of the molecule is OCCCCCCCCCCCCC[C@H]1C=CCC1. The van der Waals surface area contributed by atoms with Crippen molar-refractivity contribution in [2.24, 2.45) is 5.92 Å². The molecule has 0 saturated heterocycles. The molecule has 19 heavy (non-hydrogen) atoms. The van der Waals surface area contributed by atoms with E-state index in [-0.39, 0.29) is 0 Å². The number of rotatable bonds is 13. The van der Waals surface area contributed by atoms with Crippen molar-refractivity contribution >= 4 is 0 Å². The number of hydrogen-bond donors (Lipinski definition) is 1. The normalized spacial score (nSPS) is 18.3. The second-order valence-corrected chi connectivity index (χ2v) is 6.17. The highest BCUT2D eigenvalue weighted by Crippen LogP contribution is 2.23. The summed E-state index contributed by atoms with van der Waals surface area (Å²) in [7, 11) is 0. The summed E-state index contributed by atoms with van der Waals surface area (Å²) < 4.78 is 0. The molecule has 0 fully saturated rings. The molecule has 0 aromatic heterocycles. The van der Waals surface area contributed by atoms with E-state index in [2.05, 4.69) is 12.2 Å². The topological polar surface area (TPSA) is 20.2 Å². The molecule has 112 valence electrons. The third-order valence-electron chi connectivity index (χ3n) is 4.35. The lowest BCUT2D eigenvalue weighted by atomic mass is 9.99. The molecule has 0 unspecified atom stereocenters. The first kappa shape index (κ1) is 16.8. The fourth-order valence-corrected chi connectivity index (χ4v) is 3.05. The lowest BCUT2D eigenvalue weighted by Crippen LogP contribution is -1.91. The summed E-state index contributed by atoms with van der Waals surface area (Å²) >= 11 is 0.